The average molecular weight is 488 g/mol. The van der Waals surface area contributed by atoms with Crippen LogP contribution in [0, 0.1) is 5.41 Å². The third kappa shape index (κ3) is 4.32. The Kier molecular flexibility index (Phi) is 6.20. The zero-order valence-electron chi connectivity index (χ0n) is 21.0. The number of benzene rings is 2. The molecule has 3 aromatic rings. The summed E-state index contributed by atoms with van der Waals surface area (Å²) in [6.07, 6.45) is 5.27. The van der Waals surface area contributed by atoms with E-state index in [1.165, 1.54) is 60.0 Å². The number of carbonyl (C=O) groups excluding carboxylic acids is 1. The Balaban J connectivity index is 1.27. The summed E-state index contributed by atoms with van der Waals surface area (Å²) in [7, 11) is 0. The summed E-state index contributed by atoms with van der Waals surface area (Å²) in [6, 6.07) is 18.2. The third-order valence-corrected chi connectivity index (χ3v) is 9.75. The third-order valence-electron chi connectivity index (χ3n) is 8.86. The van der Waals surface area contributed by atoms with Crippen LogP contribution in [0.3, 0.4) is 0 Å². The van der Waals surface area contributed by atoms with Crippen molar-refractivity contribution >= 4 is 27.3 Å². The minimum Gasteiger partial charge on any atom is -0.335 e. The number of piperazine rings is 1. The molecule has 0 radical (unpaired) electrons. The molecule has 3 fully saturated rings. The van der Waals surface area contributed by atoms with Crippen LogP contribution in [-0.4, -0.2) is 54.5 Å². The Labute approximate surface area is 213 Å². The van der Waals surface area contributed by atoms with Gasteiger partial charge in [-0.25, -0.2) is 0 Å². The summed E-state index contributed by atoms with van der Waals surface area (Å²) < 4.78 is 1.24. The predicted molar refractivity (Wildman–Crippen MR) is 145 cm³/mol. The van der Waals surface area contributed by atoms with Crippen LogP contribution in [0.4, 0.5) is 0 Å². The molecule has 2 aliphatic heterocycles. The van der Waals surface area contributed by atoms with Gasteiger partial charge in [0.1, 0.15) is 0 Å². The molecule has 1 N–H and O–H groups in total. The highest BCUT2D eigenvalue weighted by Crippen LogP contribution is 2.52. The molecule has 4 nitrogen and oxygen atoms in total. The molecule has 1 aromatic heterocycles. The topological polar surface area (TPSA) is 35.6 Å². The van der Waals surface area contributed by atoms with Crippen LogP contribution in [0.5, 0.6) is 0 Å². The minimum absolute atomic E-state index is 0.174. The maximum absolute atomic E-state index is 13.7. The molecule has 35 heavy (non-hydrogen) atoms. The van der Waals surface area contributed by atoms with E-state index in [0.29, 0.717) is 17.4 Å². The van der Waals surface area contributed by atoms with Gasteiger partial charge in [0.25, 0.3) is 5.91 Å². The van der Waals surface area contributed by atoms with Gasteiger partial charge in [-0.2, -0.15) is 0 Å². The quantitative estimate of drug-likeness (QED) is 0.486. The highest BCUT2D eigenvalue weighted by atomic mass is 32.1. The first kappa shape index (κ1) is 23.2. The van der Waals surface area contributed by atoms with Crippen molar-refractivity contribution in [3.05, 3.63) is 70.6 Å². The maximum Gasteiger partial charge on any atom is 0.253 e. The van der Waals surface area contributed by atoms with Gasteiger partial charge in [0.2, 0.25) is 0 Å². The SMILES string of the molecule is CC(C)c1ccccc1C1CN(C(=O)c2ccc3sccc3c2)CCN1C1CC2(CCNCC2)C1. The van der Waals surface area contributed by atoms with E-state index in [2.05, 4.69) is 76.8 Å². The summed E-state index contributed by atoms with van der Waals surface area (Å²) in [4.78, 5) is 18.5. The van der Waals surface area contributed by atoms with Gasteiger partial charge in [-0.3, -0.25) is 9.69 Å². The Bertz CT molecular complexity index is 1200. The van der Waals surface area contributed by atoms with Crippen LogP contribution in [0.25, 0.3) is 10.1 Å². The van der Waals surface area contributed by atoms with Crippen LogP contribution in [0.2, 0.25) is 0 Å². The number of hydrogen-bond acceptors (Lipinski definition) is 4. The highest BCUT2D eigenvalue weighted by molar-refractivity contribution is 7.17. The molecule has 6 rings (SSSR count). The van der Waals surface area contributed by atoms with Crippen molar-refractivity contribution in [2.24, 2.45) is 5.41 Å². The second kappa shape index (κ2) is 9.34. The molecule has 3 aliphatic rings. The van der Waals surface area contributed by atoms with E-state index in [-0.39, 0.29) is 11.9 Å². The lowest BCUT2D eigenvalue weighted by atomic mass is 9.60. The molecule has 1 atom stereocenters. The van der Waals surface area contributed by atoms with Crippen LogP contribution in [0.1, 0.15) is 73.0 Å². The van der Waals surface area contributed by atoms with Crippen molar-refractivity contribution in [2.45, 2.75) is 57.5 Å². The lowest BCUT2D eigenvalue weighted by Crippen LogP contribution is -2.60. The van der Waals surface area contributed by atoms with Crippen molar-refractivity contribution in [1.29, 1.82) is 0 Å². The van der Waals surface area contributed by atoms with Crippen LogP contribution >= 0.6 is 11.3 Å². The molecule has 2 aromatic carbocycles. The Morgan fingerprint density at radius 1 is 1.06 bits per heavy atom. The fourth-order valence-corrected chi connectivity index (χ4v) is 7.63. The fourth-order valence-electron chi connectivity index (χ4n) is 6.86. The van der Waals surface area contributed by atoms with Gasteiger partial charge in [-0.15, -0.1) is 11.3 Å². The smallest absolute Gasteiger partial charge is 0.253 e. The van der Waals surface area contributed by atoms with Crippen molar-refractivity contribution in [2.75, 3.05) is 32.7 Å². The molecule has 5 heteroatoms. The normalized spacial score (nSPS) is 23.2. The largest absolute Gasteiger partial charge is 0.335 e. The summed E-state index contributed by atoms with van der Waals surface area (Å²) >= 11 is 1.73. The molecule has 1 aliphatic carbocycles. The lowest BCUT2D eigenvalue weighted by molar-refractivity contribution is -0.0601. The van der Waals surface area contributed by atoms with Crippen molar-refractivity contribution in [1.82, 2.24) is 15.1 Å². The molecule has 1 spiro atoms. The summed E-state index contributed by atoms with van der Waals surface area (Å²) in [5.74, 6) is 0.644. The van der Waals surface area contributed by atoms with E-state index in [1.54, 1.807) is 11.3 Å². The van der Waals surface area contributed by atoms with Crippen LogP contribution < -0.4 is 5.32 Å². The van der Waals surface area contributed by atoms with Gasteiger partial charge in [0, 0.05) is 35.9 Å². The number of piperidine rings is 1. The molecular formula is C30H37N3OS. The van der Waals surface area contributed by atoms with Crippen molar-refractivity contribution < 1.29 is 4.79 Å². The van der Waals surface area contributed by atoms with E-state index in [1.807, 2.05) is 6.07 Å². The first-order chi connectivity index (χ1) is 17.0. The number of fused-ring (bicyclic) bond motifs is 1. The number of rotatable bonds is 4. The van der Waals surface area contributed by atoms with Gasteiger partial charge in [0.05, 0.1) is 6.04 Å². The van der Waals surface area contributed by atoms with Crippen LogP contribution in [-0.2, 0) is 0 Å². The van der Waals surface area contributed by atoms with Gasteiger partial charge in [-0.05, 0) is 96.3 Å². The zero-order chi connectivity index (χ0) is 24.0. The molecular weight excluding hydrogens is 450 g/mol. The fraction of sp³-hybridized carbons (Fsp3) is 0.500. The summed E-state index contributed by atoms with van der Waals surface area (Å²) in [5.41, 5.74) is 4.21. The number of nitrogens with one attached hydrogen (secondary N) is 1. The van der Waals surface area contributed by atoms with E-state index in [0.717, 1.165) is 25.2 Å². The number of hydrogen-bond donors (Lipinski definition) is 1. The first-order valence-corrected chi connectivity index (χ1v) is 14.2. The predicted octanol–water partition coefficient (Wildman–Crippen LogP) is 6.06. The number of thiophene rings is 1. The Morgan fingerprint density at radius 2 is 1.86 bits per heavy atom. The minimum atomic E-state index is 0.174. The molecule has 2 saturated heterocycles. The summed E-state index contributed by atoms with van der Waals surface area (Å²) in [5, 5.41) is 6.81. The van der Waals surface area contributed by atoms with E-state index in [9.17, 15) is 4.79 Å². The molecule has 184 valence electrons. The number of amides is 1. The zero-order valence-corrected chi connectivity index (χ0v) is 21.8. The van der Waals surface area contributed by atoms with E-state index >= 15 is 0 Å². The molecule has 0 bridgehead atoms. The standard InChI is InChI=1S/C30H37N3OS/c1-21(2)25-5-3-4-6-26(25)27-20-32(29(34)23-7-8-28-22(17-23)9-16-35-28)14-15-33(27)24-18-30(19-24)10-12-31-13-11-30/h3-9,16-17,21,24,27,31H,10-15,18-20H2,1-2H3. The second-order valence-electron chi connectivity index (χ2n) is 11.3. The monoisotopic (exact) mass is 487 g/mol. The lowest BCUT2D eigenvalue weighted by Gasteiger charge is -2.57. The average Bonchev–Trinajstić information content (AvgIpc) is 3.35. The van der Waals surface area contributed by atoms with Gasteiger partial charge in [0.15, 0.2) is 0 Å². The van der Waals surface area contributed by atoms with Crippen LogP contribution in [0.15, 0.2) is 53.9 Å². The van der Waals surface area contributed by atoms with Crippen molar-refractivity contribution in [3.8, 4) is 0 Å². The summed E-state index contributed by atoms with van der Waals surface area (Å²) in [6.45, 7) is 9.46. The van der Waals surface area contributed by atoms with Gasteiger partial charge < -0.3 is 10.2 Å². The number of nitrogens with zero attached hydrogens (tertiary/aromatic N) is 2. The molecule has 1 unspecified atom stereocenters. The maximum atomic E-state index is 13.7. The Hall–Kier alpha value is -2.21. The first-order valence-electron chi connectivity index (χ1n) is 13.3. The van der Waals surface area contributed by atoms with Gasteiger partial charge >= 0.3 is 0 Å². The van der Waals surface area contributed by atoms with E-state index < -0.39 is 0 Å². The highest BCUT2D eigenvalue weighted by Gasteiger charge is 2.49. The second-order valence-corrected chi connectivity index (χ2v) is 12.2. The molecule has 1 amide bonds. The molecule has 1 saturated carbocycles. The van der Waals surface area contributed by atoms with Crippen molar-refractivity contribution in [3.63, 3.8) is 0 Å². The Morgan fingerprint density at radius 3 is 2.66 bits per heavy atom. The van der Waals surface area contributed by atoms with E-state index in [4.69, 9.17) is 0 Å². The number of carbonyl (C=O) groups is 1. The molecule has 3 heterocycles. The van der Waals surface area contributed by atoms with Gasteiger partial charge in [-0.1, -0.05) is 38.1 Å².